The lowest BCUT2D eigenvalue weighted by Crippen LogP contribution is -2.70. The second kappa shape index (κ2) is 6.19. The molecule has 2 atom stereocenters. The van der Waals surface area contributed by atoms with Crippen molar-refractivity contribution in [3.05, 3.63) is 23.8 Å². The van der Waals surface area contributed by atoms with E-state index in [1.807, 2.05) is 0 Å². The van der Waals surface area contributed by atoms with E-state index in [1.165, 1.54) is 26.0 Å². The monoisotopic (exact) mass is 268 g/mol. The Labute approximate surface area is 110 Å². The van der Waals surface area contributed by atoms with Gasteiger partial charge in [0.2, 0.25) is 0 Å². The Morgan fingerprint density at radius 2 is 1.89 bits per heavy atom. The highest BCUT2D eigenvalue weighted by molar-refractivity contribution is 5.81. The number of benzene rings is 1. The van der Waals surface area contributed by atoms with E-state index in [0.717, 1.165) is 0 Å². The summed E-state index contributed by atoms with van der Waals surface area (Å²) in [7, 11) is 0. The molecule has 0 aromatic heterocycles. The summed E-state index contributed by atoms with van der Waals surface area (Å²) in [6, 6.07) is 3.60. The Balaban J connectivity index is 2.90. The van der Waals surface area contributed by atoms with E-state index in [0.29, 0.717) is 5.56 Å². The van der Waals surface area contributed by atoms with Gasteiger partial charge < -0.3 is 20.7 Å². The van der Waals surface area contributed by atoms with E-state index in [2.05, 4.69) is 5.73 Å². The zero-order chi connectivity index (χ0) is 14.6. The van der Waals surface area contributed by atoms with Crippen LogP contribution in [0.25, 0.3) is 0 Å². The van der Waals surface area contributed by atoms with Crippen LogP contribution in [-0.4, -0.2) is 34.1 Å². The van der Waals surface area contributed by atoms with Crippen LogP contribution in [0.15, 0.2) is 18.2 Å². The van der Waals surface area contributed by atoms with Gasteiger partial charge in [-0.2, -0.15) is 0 Å². The Morgan fingerprint density at radius 3 is 2.37 bits per heavy atom. The molecule has 0 fully saturated rings. The molecule has 2 unspecified atom stereocenters. The van der Waals surface area contributed by atoms with Crippen molar-refractivity contribution >= 4 is 11.8 Å². The van der Waals surface area contributed by atoms with Crippen molar-refractivity contribution in [3.8, 4) is 11.5 Å². The van der Waals surface area contributed by atoms with Crippen LogP contribution in [0.1, 0.15) is 19.4 Å². The molecule has 6 heteroatoms. The first-order valence-electron chi connectivity index (χ1n) is 5.83. The van der Waals surface area contributed by atoms with E-state index in [4.69, 9.17) is 4.74 Å². The van der Waals surface area contributed by atoms with Crippen LogP contribution in [0.4, 0.5) is 0 Å². The molecule has 0 saturated carbocycles. The minimum absolute atomic E-state index is 0.186. The van der Waals surface area contributed by atoms with Gasteiger partial charge in [0.15, 0.2) is 29.4 Å². The lowest BCUT2D eigenvalue weighted by molar-refractivity contribution is -0.419. The fourth-order valence-electron chi connectivity index (χ4n) is 1.67. The number of rotatable bonds is 5. The summed E-state index contributed by atoms with van der Waals surface area (Å²) < 4.78 is 5.08. The molecule has 0 aliphatic heterocycles. The summed E-state index contributed by atoms with van der Waals surface area (Å²) in [4.78, 5) is 22.4. The molecule has 0 amide bonds. The molecule has 1 aromatic rings. The minimum atomic E-state index is -0.695. The van der Waals surface area contributed by atoms with Gasteiger partial charge in [0.25, 0.3) is 0 Å². The van der Waals surface area contributed by atoms with Crippen LogP contribution in [0, 0.1) is 0 Å². The van der Waals surface area contributed by atoms with Crippen LogP contribution in [0.3, 0.4) is 0 Å². The van der Waals surface area contributed by atoms with E-state index in [1.54, 1.807) is 6.07 Å². The molecule has 0 aliphatic rings. The number of ketones is 1. The van der Waals surface area contributed by atoms with E-state index < -0.39 is 18.1 Å². The highest BCUT2D eigenvalue weighted by Gasteiger charge is 2.28. The zero-order valence-corrected chi connectivity index (χ0v) is 10.9. The van der Waals surface area contributed by atoms with E-state index in [-0.39, 0.29) is 23.7 Å². The zero-order valence-electron chi connectivity index (χ0n) is 10.9. The van der Waals surface area contributed by atoms with Crippen molar-refractivity contribution in [2.75, 3.05) is 0 Å². The lowest BCUT2D eigenvalue weighted by Gasteiger charge is -2.19. The third kappa shape index (κ3) is 4.26. The van der Waals surface area contributed by atoms with Gasteiger partial charge in [0.1, 0.15) is 0 Å². The maximum atomic E-state index is 11.3. The number of quaternary nitrogens is 1. The molecule has 0 saturated heterocycles. The van der Waals surface area contributed by atoms with Gasteiger partial charge in [0.05, 0.1) is 0 Å². The second-order valence-electron chi connectivity index (χ2n) is 4.39. The maximum absolute atomic E-state index is 11.3. The summed E-state index contributed by atoms with van der Waals surface area (Å²) in [5.74, 6) is -1.18. The molecule has 5 N–H and O–H groups in total. The highest BCUT2D eigenvalue weighted by atomic mass is 16.5. The molecule has 0 bridgehead atoms. The summed E-state index contributed by atoms with van der Waals surface area (Å²) in [6.07, 6.45) is -0.458. The summed E-state index contributed by atoms with van der Waals surface area (Å²) in [6.45, 7) is 2.64. The number of hydrogen-bond donors (Lipinski definition) is 3. The van der Waals surface area contributed by atoms with Gasteiger partial charge in [-0.25, -0.2) is 0 Å². The van der Waals surface area contributed by atoms with Crippen molar-refractivity contribution in [1.29, 1.82) is 0 Å². The Morgan fingerprint density at radius 1 is 1.26 bits per heavy atom. The Hall–Kier alpha value is -2.08. The molecular formula is C13H18NO5+. The van der Waals surface area contributed by atoms with Crippen molar-refractivity contribution in [1.82, 2.24) is 0 Å². The molecule has 0 aliphatic carbocycles. The third-order valence-electron chi connectivity index (χ3n) is 2.76. The highest BCUT2D eigenvalue weighted by Crippen LogP contribution is 2.25. The topological polar surface area (TPSA) is 111 Å². The van der Waals surface area contributed by atoms with Crippen LogP contribution in [-0.2, 0) is 20.7 Å². The van der Waals surface area contributed by atoms with Crippen LogP contribution >= 0.6 is 0 Å². The fourth-order valence-corrected chi connectivity index (χ4v) is 1.67. The van der Waals surface area contributed by atoms with E-state index >= 15 is 0 Å². The number of Topliss-reactive ketones (excluding diaryl/α,β-unsaturated/α-hetero) is 1. The summed E-state index contributed by atoms with van der Waals surface area (Å²) in [5.41, 5.74) is 4.32. The number of phenolic OH excluding ortho intramolecular Hbond substituents is 2. The van der Waals surface area contributed by atoms with Gasteiger partial charge in [0, 0.05) is 20.3 Å². The number of ether oxygens (including phenoxy) is 1. The normalized spacial score (nSPS) is 13.6. The number of aromatic hydroxyl groups is 2. The predicted molar refractivity (Wildman–Crippen MR) is 66.4 cm³/mol. The van der Waals surface area contributed by atoms with Gasteiger partial charge in [-0.1, -0.05) is 6.07 Å². The van der Waals surface area contributed by atoms with Gasteiger partial charge in [-0.15, -0.1) is 0 Å². The molecule has 0 radical (unpaired) electrons. The van der Waals surface area contributed by atoms with Crippen molar-refractivity contribution in [2.45, 2.75) is 32.4 Å². The number of carbonyl (C=O) groups excluding carboxylic acids is 2. The number of carbonyl (C=O) groups is 2. The summed E-state index contributed by atoms with van der Waals surface area (Å²) in [5, 5.41) is 18.6. The van der Waals surface area contributed by atoms with Crippen molar-refractivity contribution in [2.24, 2.45) is 0 Å². The molecule has 0 spiro atoms. The first kappa shape index (κ1) is 15.0. The molecular weight excluding hydrogens is 250 g/mol. The SMILES string of the molecule is CC(=O)OC(Cc1ccc(O)c(O)c1)C([NH3+])C(C)=O. The fraction of sp³-hybridized carbons (Fsp3) is 0.385. The van der Waals surface area contributed by atoms with Gasteiger partial charge in [-0.3, -0.25) is 9.59 Å². The number of esters is 1. The third-order valence-corrected chi connectivity index (χ3v) is 2.76. The average Bonchev–Trinajstić information content (AvgIpc) is 2.31. The van der Waals surface area contributed by atoms with Crippen LogP contribution in [0.2, 0.25) is 0 Å². The first-order chi connectivity index (χ1) is 8.81. The predicted octanol–water partition coefficient (Wildman–Crippen LogP) is -0.229. The van der Waals surface area contributed by atoms with Crippen molar-refractivity contribution in [3.63, 3.8) is 0 Å². The molecule has 19 heavy (non-hydrogen) atoms. The second-order valence-corrected chi connectivity index (χ2v) is 4.39. The number of hydrogen-bond acceptors (Lipinski definition) is 5. The summed E-state index contributed by atoms with van der Waals surface area (Å²) >= 11 is 0. The van der Waals surface area contributed by atoms with Crippen molar-refractivity contribution < 1.29 is 30.3 Å². The largest absolute Gasteiger partial charge is 0.504 e. The van der Waals surface area contributed by atoms with Crippen LogP contribution < -0.4 is 5.73 Å². The smallest absolute Gasteiger partial charge is 0.303 e. The molecule has 1 rings (SSSR count). The van der Waals surface area contributed by atoms with Gasteiger partial charge in [-0.05, 0) is 17.7 Å². The molecule has 1 aromatic carbocycles. The Kier molecular flexibility index (Phi) is 4.88. The molecule has 104 valence electrons. The Bertz CT molecular complexity index is 486. The average molecular weight is 268 g/mol. The van der Waals surface area contributed by atoms with Gasteiger partial charge >= 0.3 is 5.97 Å². The standard InChI is InChI=1S/C13H17NO5/c1-7(15)13(14)12(19-8(2)16)6-9-3-4-10(17)11(18)5-9/h3-5,12-13,17-18H,6,14H2,1-2H3/p+1. The quantitative estimate of drug-likeness (QED) is 0.504. The van der Waals surface area contributed by atoms with Crippen LogP contribution in [0.5, 0.6) is 11.5 Å². The minimum Gasteiger partial charge on any atom is -0.504 e. The maximum Gasteiger partial charge on any atom is 0.303 e. The number of phenols is 2. The first-order valence-corrected chi connectivity index (χ1v) is 5.83. The lowest BCUT2D eigenvalue weighted by atomic mass is 9.99. The molecule has 6 nitrogen and oxygen atoms in total. The van der Waals surface area contributed by atoms with E-state index in [9.17, 15) is 19.8 Å². The molecule has 0 heterocycles.